The molecule has 0 saturated carbocycles. The Labute approximate surface area is 176 Å². The van der Waals surface area contributed by atoms with Gasteiger partial charge in [0.25, 0.3) is 0 Å². The lowest BCUT2D eigenvalue weighted by atomic mass is 10.1. The molecule has 2 aromatic heterocycles. The topological polar surface area (TPSA) is 98.2 Å². The van der Waals surface area contributed by atoms with Crippen LogP contribution in [0.1, 0.15) is 10.4 Å². The molecule has 3 N–H and O–H groups in total. The van der Waals surface area contributed by atoms with Gasteiger partial charge in [0.1, 0.15) is 6.33 Å². The summed E-state index contributed by atoms with van der Waals surface area (Å²) in [7, 11) is 1.76. The SMILES string of the molecule is CN1Cc2cc(-c3ccc(Cn4cnn(C/C(=C/F)CN)c4=O)s3)ccc2NC1=O. The van der Waals surface area contributed by atoms with Crippen molar-refractivity contribution in [2.45, 2.75) is 19.6 Å². The number of hydrogen-bond acceptors (Lipinski definition) is 5. The standard InChI is InChI=1S/C20H21FN6O2S/c1-25-10-15-6-14(2-4-17(15)24-19(25)28)18-5-3-16(30-18)11-26-12-23-27(20(26)29)9-13(7-21)8-22/h2-7,12H,8-11,22H2,1H3,(H,24,28)/b13-7+. The lowest BCUT2D eigenvalue weighted by Gasteiger charge is -2.26. The molecule has 0 fully saturated rings. The molecule has 0 saturated heterocycles. The van der Waals surface area contributed by atoms with Crippen LogP contribution >= 0.6 is 11.3 Å². The number of hydrogen-bond donors (Lipinski definition) is 2. The average molecular weight is 428 g/mol. The van der Waals surface area contributed by atoms with Crippen molar-refractivity contribution in [2.24, 2.45) is 5.73 Å². The van der Waals surface area contributed by atoms with E-state index in [2.05, 4.69) is 16.5 Å². The molecule has 0 aliphatic carbocycles. The number of carbonyl (C=O) groups is 1. The normalized spacial score (nSPS) is 14.0. The number of urea groups is 1. The lowest BCUT2D eigenvalue weighted by molar-refractivity contribution is 0.218. The fourth-order valence-corrected chi connectivity index (χ4v) is 4.25. The summed E-state index contributed by atoms with van der Waals surface area (Å²) in [5, 5.41) is 6.91. The molecule has 0 atom stereocenters. The Morgan fingerprint density at radius 2 is 2.17 bits per heavy atom. The van der Waals surface area contributed by atoms with Crippen LogP contribution in [0, 0.1) is 0 Å². The second-order valence-corrected chi connectivity index (χ2v) is 8.26. The van der Waals surface area contributed by atoms with Gasteiger partial charge >= 0.3 is 11.7 Å². The van der Waals surface area contributed by atoms with E-state index in [1.54, 1.807) is 23.3 Å². The third-order valence-electron chi connectivity index (χ3n) is 4.94. The molecular formula is C20H21FN6O2S. The number of anilines is 1. The van der Waals surface area contributed by atoms with Gasteiger partial charge in [-0.15, -0.1) is 11.3 Å². The van der Waals surface area contributed by atoms with Crippen molar-refractivity contribution >= 4 is 23.1 Å². The van der Waals surface area contributed by atoms with Crippen LogP contribution < -0.4 is 16.7 Å². The molecule has 4 rings (SSSR count). The maximum atomic E-state index is 12.7. The molecule has 30 heavy (non-hydrogen) atoms. The van der Waals surface area contributed by atoms with Gasteiger partial charge in [-0.3, -0.25) is 4.57 Å². The van der Waals surface area contributed by atoms with Gasteiger partial charge in [0.05, 0.1) is 19.4 Å². The number of halogens is 1. The minimum Gasteiger partial charge on any atom is -0.327 e. The van der Waals surface area contributed by atoms with Crippen molar-refractivity contribution in [3.05, 3.63) is 69.5 Å². The maximum absolute atomic E-state index is 12.7. The van der Waals surface area contributed by atoms with Gasteiger partial charge in [-0.05, 0) is 41.0 Å². The van der Waals surface area contributed by atoms with Crippen LogP contribution in [0.3, 0.4) is 0 Å². The van der Waals surface area contributed by atoms with Gasteiger partial charge in [0.15, 0.2) is 0 Å². The Kier molecular flexibility index (Phi) is 5.51. The first kappa shape index (κ1) is 20.0. The number of amides is 2. The highest BCUT2D eigenvalue weighted by Crippen LogP contribution is 2.33. The molecular weight excluding hydrogens is 407 g/mol. The van der Waals surface area contributed by atoms with Gasteiger partial charge in [-0.2, -0.15) is 5.10 Å². The van der Waals surface area contributed by atoms with Crippen molar-refractivity contribution in [2.75, 3.05) is 18.9 Å². The Morgan fingerprint density at radius 3 is 2.93 bits per heavy atom. The van der Waals surface area contributed by atoms with Crippen LogP contribution in [0.15, 0.2) is 53.4 Å². The first-order valence-electron chi connectivity index (χ1n) is 9.33. The summed E-state index contributed by atoms with van der Waals surface area (Å²) in [6, 6.07) is 9.84. The first-order chi connectivity index (χ1) is 14.5. The number of rotatable bonds is 6. The highest BCUT2D eigenvalue weighted by atomic mass is 32.1. The molecule has 1 aromatic carbocycles. The molecule has 3 heterocycles. The van der Waals surface area contributed by atoms with Crippen LogP contribution in [0.2, 0.25) is 0 Å². The van der Waals surface area contributed by atoms with E-state index in [9.17, 15) is 14.0 Å². The van der Waals surface area contributed by atoms with Gasteiger partial charge < -0.3 is 16.0 Å². The van der Waals surface area contributed by atoms with Crippen molar-refractivity contribution < 1.29 is 9.18 Å². The molecule has 0 radical (unpaired) electrons. The number of benzene rings is 1. The van der Waals surface area contributed by atoms with E-state index in [4.69, 9.17) is 5.73 Å². The van der Waals surface area contributed by atoms with Crippen molar-refractivity contribution in [1.29, 1.82) is 0 Å². The largest absolute Gasteiger partial charge is 0.346 e. The van der Waals surface area contributed by atoms with E-state index in [0.29, 0.717) is 25.0 Å². The third kappa shape index (κ3) is 3.91. The molecule has 1 aliphatic heterocycles. The van der Waals surface area contributed by atoms with Gasteiger partial charge in [-0.25, -0.2) is 18.7 Å². The maximum Gasteiger partial charge on any atom is 0.346 e. The van der Waals surface area contributed by atoms with Crippen molar-refractivity contribution in [3.8, 4) is 10.4 Å². The van der Waals surface area contributed by atoms with E-state index in [0.717, 1.165) is 26.6 Å². The summed E-state index contributed by atoms with van der Waals surface area (Å²) >= 11 is 1.58. The van der Waals surface area contributed by atoms with E-state index in [-0.39, 0.29) is 24.8 Å². The zero-order valence-electron chi connectivity index (χ0n) is 16.3. The molecule has 0 spiro atoms. The molecule has 1 aliphatic rings. The Morgan fingerprint density at radius 1 is 1.33 bits per heavy atom. The quantitative estimate of drug-likeness (QED) is 0.631. The van der Waals surface area contributed by atoms with Crippen LogP contribution in [-0.4, -0.2) is 38.9 Å². The zero-order chi connectivity index (χ0) is 21.3. The summed E-state index contributed by atoms with van der Waals surface area (Å²) in [5.41, 5.74) is 8.37. The van der Waals surface area contributed by atoms with Crippen molar-refractivity contribution in [3.63, 3.8) is 0 Å². The summed E-state index contributed by atoms with van der Waals surface area (Å²) in [5.74, 6) is 0. The molecule has 10 heteroatoms. The van der Waals surface area contributed by atoms with E-state index in [1.807, 2.05) is 24.3 Å². The zero-order valence-corrected chi connectivity index (χ0v) is 17.2. The Hall–Kier alpha value is -3.24. The number of carbonyl (C=O) groups excluding carboxylic acids is 1. The Balaban J connectivity index is 1.52. The van der Waals surface area contributed by atoms with Crippen LogP contribution in [0.25, 0.3) is 10.4 Å². The highest BCUT2D eigenvalue weighted by Gasteiger charge is 2.19. The number of aromatic nitrogens is 3. The number of nitrogens with zero attached hydrogens (tertiary/aromatic N) is 4. The van der Waals surface area contributed by atoms with Gasteiger partial charge in [-0.1, -0.05) is 6.07 Å². The number of nitrogens with two attached hydrogens (primary N) is 1. The molecule has 0 unspecified atom stereocenters. The smallest absolute Gasteiger partial charge is 0.327 e. The summed E-state index contributed by atoms with van der Waals surface area (Å²) in [4.78, 5) is 27.9. The van der Waals surface area contributed by atoms with E-state index in [1.165, 1.54) is 15.6 Å². The molecule has 8 nitrogen and oxygen atoms in total. The second-order valence-electron chi connectivity index (χ2n) is 7.09. The van der Waals surface area contributed by atoms with E-state index >= 15 is 0 Å². The first-order valence-corrected chi connectivity index (χ1v) is 10.1. The van der Waals surface area contributed by atoms with Gasteiger partial charge in [0.2, 0.25) is 0 Å². The number of thiophene rings is 1. The molecule has 2 amide bonds. The number of nitrogens with one attached hydrogen (secondary N) is 1. The minimum atomic E-state index is -0.315. The number of fused-ring (bicyclic) bond motifs is 1. The highest BCUT2D eigenvalue weighted by molar-refractivity contribution is 7.15. The fraction of sp³-hybridized carbons (Fsp3) is 0.250. The molecule has 3 aromatic rings. The predicted molar refractivity (Wildman–Crippen MR) is 114 cm³/mol. The average Bonchev–Trinajstić information content (AvgIpc) is 3.34. The Bertz CT molecular complexity index is 1180. The van der Waals surface area contributed by atoms with E-state index < -0.39 is 0 Å². The fourth-order valence-electron chi connectivity index (χ4n) is 3.25. The second kappa shape index (κ2) is 8.25. The predicted octanol–water partition coefficient (Wildman–Crippen LogP) is 2.61. The van der Waals surface area contributed by atoms with Crippen LogP contribution in [0.4, 0.5) is 14.9 Å². The van der Waals surface area contributed by atoms with Crippen LogP contribution in [0.5, 0.6) is 0 Å². The third-order valence-corrected chi connectivity index (χ3v) is 6.06. The van der Waals surface area contributed by atoms with Crippen LogP contribution in [-0.2, 0) is 19.6 Å². The monoisotopic (exact) mass is 428 g/mol. The lowest BCUT2D eigenvalue weighted by Crippen LogP contribution is -2.35. The summed E-state index contributed by atoms with van der Waals surface area (Å²) in [6.45, 7) is 1.00. The molecule has 0 bridgehead atoms. The van der Waals surface area contributed by atoms with Gasteiger partial charge in [0, 0.05) is 35.6 Å². The summed E-state index contributed by atoms with van der Waals surface area (Å²) in [6.07, 6.45) is 1.87. The summed E-state index contributed by atoms with van der Waals surface area (Å²) < 4.78 is 15.4. The molecule has 156 valence electrons. The van der Waals surface area contributed by atoms with Crippen molar-refractivity contribution in [1.82, 2.24) is 19.2 Å². The minimum absolute atomic E-state index is 0.0321.